The van der Waals surface area contributed by atoms with E-state index in [0.29, 0.717) is 13.2 Å². The Morgan fingerprint density at radius 1 is 1.07 bits per heavy atom. The van der Waals surface area contributed by atoms with Gasteiger partial charge in [0.15, 0.2) is 0 Å². The Bertz CT molecular complexity index is 154. The number of carbonyl (C=O) groups is 1. The number of carbonyl (C=O) groups excluding carboxylic acids is 1. The van der Waals surface area contributed by atoms with Gasteiger partial charge in [0.2, 0.25) is 0 Å². The zero-order chi connectivity index (χ0) is 11.5. The van der Waals surface area contributed by atoms with E-state index < -0.39 is 15.1 Å². The molecule has 0 aliphatic rings. The highest BCUT2D eigenvalue weighted by molar-refractivity contribution is 6.39. The summed E-state index contributed by atoms with van der Waals surface area (Å²) in [5.41, 5.74) is 0. The van der Waals surface area contributed by atoms with Crippen LogP contribution >= 0.6 is 0 Å². The molecule has 0 aromatic rings. The van der Waals surface area contributed by atoms with Gasteiger partial charge in [0.1, 0.15) is 0 Å². The average Bonchev–Trinajstić information content (AvgIpc) is 2.17. The molecule has 0 aliphatic carbocycles. The van der Waals surface area contributed by atoms with Crippen molar-refractivity contribution in [3.8, 4) is 0 Å². The van der Waals surface area contributed by atoms with Crippen LogP contribution in [0, 0.1) is 0 Å². The summed E-state index contributed by atoms with van der Waals surface area (Å²) in [6.07, 6.45) is 4.08. The number of hydrogen-bond donors (Lipinski definition) is 0. The minimum Gasteiger partial charge on any atom is -0.572 e. The summed E-state index contributed by atoms with van der Waals surface area (Å²) in [5.74, 6) is -0.320. The molecule has 0 aromatic carbocycles. The summed E-state index contributed by atoms with van der Waals surface area (Å²) in [5, 5.41) is 0. The quantitative estimate of drug-likeness (QED) is 0.451. The predicted octanol–water partition coefficient (Wildman–Crippen LogP) is 2.17. The molecule has 0 amide bonds. The first-order valence-corrected chi connectivity index (χ1v) is 7.02. The molecule has 15 heavy (non-hydrogen) atoms. The highest BCUT2D eigenvalue weighted by atomic mass is 27.3. The summed E-state index contributed by atoms with van der Waals surface area (Å²) in [6.45, 7) is 6.79. The average molecular weight is 232 g/mol. The zero-order valence-electron chi connectivity index (χ0n) is 9.95. The van der Waals surface area contributed by atoms with Gasteiger partial charge in [-0.25, -0.2) is 0 Å². The smallest absolute Gasteiger partial charge is 0.572 e. The Hall–Kier alpha value is -0.0775. The van der Waals surface area contributed by atoms with Crippen molar-refractivity contribution < 1.29 is 16.2 Å². The van der Waals surface area contributed by atoms with Crippen molar-refractivity contribution in [2.24, 2.45) is 0 Å². The lowest BCUT2D eigenvalue weighted by molar-refractivity contribution is -0.135. The molecule has 0 bridgehead atoms. The molecule has 0 heterocycles. The predicted molar refractivity (Wildman–Crippen MR) is 59.2 cm³/mol. The van der Waals surface area contributed by atoms with Crippen molar-refractivity contribution in [1.29, 1.82) is 0 Å². The summed E-state index contributed by atoms with van der Waals surface area (Å²) in [4.78, 5) is 10.8. The van der Waals surface area contributed by atoms with Gasteiger partial charge in [-0.15, -0.1) is 0 Å². The molecular weight excluding hydrogens is 211 g/mol. The van der Waals surface area contributed by atoms with Crippen molar-refractivity contribution in [2.75, 3.05) is 13.2 Å². The molecule has 0 aromatic heterocycles. The maximum Gasteiger partial charge on any atom is 1.00 e. The Labute approximate surface area is 97.3 Å². The Kier molecular flexibility index (Phi) is 10.4. The molecule has 0 saturated carbocycles. The summed E-state index contributed by atoms with van der Waals surface area (Å²) in [6, 6.07) is 0. The van der Waals surface area contributed by atoms with E-state index in [1.54, 1.807) is 0 Å². The third-order valence-electron chi connectivity index (χ3n) is 1.77. The fraction of sp³-hybridized carbons (Fsp3) is 0.900. The summed E-state index contributed by atoms with van der Waals surface area (Å²) >= 11 is -2.20. The molecule has 88 valence electrons. The van der Waals surface area contributed by atoms with Crippen molar-refractivity contribution in [1.82, 2.24) is 0 Å². The highest BCUT2D eigenvalue weighted by Crippen LogP contribution is 1.99. The molecular formula is C10H21AlO4. The van der Waals surface area contributed by atoms with E-state index in [9.17, 15) is 4.79 Å². The van der Waals surface area contributed by atoms with Gasteiger partial charge in [0.05, 0.1) is 0 Å². The van der Waals surface area contributed by atoms with Crippen LogP contribution in [0.2, 0.25) is 0 Å². The standard InChI is InChI=1S/2C4H9O.C2H4O2.Al/c2*1-2-3-4-5;1-2(3)4;/h2*2-4H2,1H3;1H3,(H,3,4);/q2*-1;;+3/p-1. The molecule has 4 nitrogen and oxygen atoms in total. The first-order valence-electron chi connectivity index (χ1n) is 5.61. The lowest BCUT2D eigenvalue weighted by atomic mass is 10.4. The van der Waals surface area contributed by atoms with Crippen LogP contribution in [0.1, 0.15) is 46.5 Å². The molecule has 5 heteroatoms. The van der Waals surface area contributed by atoms with Gasteiger partial charge < -0.3 is 11.4 Å². The topological polar surface area (TPSA) is 44.8 Å². The Morgan fingerprint density at radius 3 is 1.87 bits per heavy atom. The van der Waals surface area contributed by atoms with Crippen LogP contribution in [0.5, 0.6) is 0 Å². The second kappa shape index (κ2) is 10.4. The van der Waals surface area contributed by atoms with Gasteiger partial charge >= 0.3 is 15.1 Å². The number of hydrogen-bond acceptors (Lipinski definition) is 4. The molecule has 0 fully saturated rings. The van der Waals surface area contributed by atoms with Crippen molar-refractivity contribution in [2.45, 2.75) is 46.5 Å². The first kappa shape index (κ1) is 14.9. The van der Waals surface area contributed by atoms with E-state index in [2.05, 4.69) is 13.8 Å². The Balaban J connectivity index is 3.68. The second-order valence-electron chi connectivity index (χ2n) is 3.35. The lowest BCUT2D eigenvalue weighted by Gasteiger charge is -2.11. The third-order valence-corrected chi connectivity index (χ3v) is 3.31. The molecule has 0 saturated heterocycles. The van der Waals surface area contributed by atoms with Crippen LogP contribution in [0.15, 0.2) is 0 Å². The zero-order valence-corrected chi connectivity index (χ0v) is 11.1. The van der Waals surface area contributed by atoms with Crippen LogP contribution < -0.4 is 0 Å². The number of unbranched alkanes of at least 4 members (excludes halogenated alkanes) is 2. The van der Waals surface area contributed by atoms with Crippen LogP contribution in [0.4, 0.5) is 0 Å². The second-order valence-corrected chi connectivity index (χ2v) is 4.83. The van der Waals surface area contributed by atoms with Gasteiger partial charge in [-0.2, -0.15) is 0 Å². The van der Waals surface area contributed by atoms with Gasteiger partial charge in [-0.05, 0) is 12.8 Å². The minimum atomic E-state index is -2.20. The number of rotatable bonds is 9. The molecule has 0 aliphatic heterocycles. The van der Waals surface area contributed by atoms with E-state index in [1.807, 2.05) is 0 Å². The molecule has 0 unspecified atom stereocenters. The van der Waals surface area contributed by atoms with Gasteiger partial charge in [0, 0.05) is 20.1 Å². The summed E-state index contributed by atoms with van der Waals surface area (Å²) < 4.78 is 15.8. The van der Waals surface area contributed by atoms with Crippen LogP contribution in [0.25, 0.3) is 0 Å². The first-order chi connectivity index (χ1) is 7.20. The minimum absolute atomic E-state index is 0.320. The van der Waals surface area contributed by atoms with E-state index in [0.717, 1.165) is 25.7 Å². The molecule has 0 rings (SSSR count). The van der Waals surface area contributed by atoms with Crippen LogP contribution in [-0.4, -0.2) is 34.3 Å². The molecule has 0 atom stereocenters. The van der Waals surface area contributed by atoms with Gasteiger partial charge in [0.25, 0.3) is 5.97 Å². The van der Waals surface area contributed by atoms with Crippen LogP contribution in [0.3, 0.4) is 0 Å². The van der Waals surface area contributed by atoms with Crippen LogP contribution in [-0.2, 0) is 16.2 Å². The Morgan fingerprint density at radius 2 is 1.53 bits per heavy atom. The third kappa shape index (κ3) is 10.2. The normalized spacial score (nSPS) is 10.1. The van der Waals surface area contributed by atoms with Gasteiger partial charge in [-0.1, -0.05) is 26.7 Å². The lowest BCUT2D eigenvalue weighted by Crippen LogP contribution is -2.30. The van der Waals surface area contributed by atoms with E-state index >= 15 is 0 Å². The molecule has 0 spiro atoms. The maximum absolute atomic E-state index is 10.8. The summed E-state index contributed by atoms with van der Waals surface area (Å²) in [7, 11) is 0. The van der Waals surface area contributed by atoms with E-state index in [-0.39, 0.29) is 5.97 Å². The fourth-order valence-corrected chi connectivity index (χ4v) is 2.12. The van der Waals surface area contributed by atoms with E-state index in [4.69, 9.17) is 11.4 Å². The molecule has 0 N–H and O–H groups in total. The van der Waals surface area contributed by atoms with Gasteiger partial charge in [-0.3, -0.25) is 4.79 Å². The van der Waals surface area contributed by atoms with E-state index in [1.165, 1.54) is 6.92 Å². The molecule has 0 radical (unpaired) electrons. The van der Waals surface area contributed by atoms with Crippen molar-refractivity contribution in [3.63, 3.8) is 0 Å². The SMILES string of the molecule is CCCC[O][Al]([O]CCCC)[O]C(C)=O. The largest absolute Gasteiger partial charge is 1.00 e. The monoisotopic (exact) mass is 232 g/mol. The van der Waals surface area contributed by atoms with Crippen molar-refractivity contribution >= 4 is 21.1 Å². The van der Waals surface area contributed by atoms with Crippen molar-refractivity contribution in [3.05, 3.63) is 0 Å². The fourth-order valence-electron chi connectivity index (χ4n) is 0.899. The maximum atomic E-state index is 10.8. The highest BCUT2D eigenvalue weighted by Gasteiger charge is 2.35.